The number of nitrogens with one attached hydrogen (secondary N) is 2. The van der Waals surface area contributed by atoms with Gasteiger partial charge in [-0.3, -0.25) is 4.90 Å². The van der Waals surface area contributed by atoms with Crippen LogP contribution >= 0.6 is 0 Å². The van der Waals surface area contributed by atoms with Gasteiger partial charge < -0.3 is 4.74 Å². The molecule has 0 spiro atoms. The number of ether oxygens (including phenoxy) is 1. The summed E-state index contributed by atoms with van der Waals surface area (Å²) in [5.74, 6) is 0. The van der Waals surface area contributed by atoms with Crippen molar-refractivity contribution in [3.8, 4) is 0 Å². The molecule has 0 saturated carbocycles. The highest BCUT2D eigenvalue weighted by Crippen LogP contribution is 2.20. The Morgan fingerprint density at radius 3 is 3.58 bits per heavy atom. The molecule has 62 valence electrons. The van der Waals surface area contributed by atoms with Crippen molar-refractivity contribution in [2.75, 3.05) is 0 Å². The minimum atomic E-state index is -0.0451. The molecule has 3 aliphatic rings. The van der Waals surface area contributed by atoms with E-state index in [1.165, 1.54) is 0 Å². The number of hydrogen-bond acceptors (Lipinski definition) is 6. The average Bonchev–Trinajstić information content (AvgIpc) is 2.71. The second kappa shape index (κ2) is 1.99. The van der Waals surface area contributed by atoms with Gasteiger partial charge in [-0.1, -0.05) is 0 Å². The predicted octanol–water partition coefficient (Wildman–Crippen LogP) is -0.634. The van der Waals surface area contributed by atoms with E-state index in [1.807, 2.05) is 4.90 Å². The minimum absolute atomic E-state index is 0.0451. The predicted molar refractivity (Wildman–Crippen MR) is 38.7 cm³/mol. The molecule has 0 aromatic rings. The minimum Gasteiger partial charge on any atom is -0.432 e. The third-order valence-electron chi connectivity index (χ3n) is 1.84. The van der Waals surface area contributed by atoms with Crippen molar-refractivity contribution in [2.24, 2.45) is 4.99 Å². The average molecular weight is 166 g/mol. The molecule has 1 saturated heterocycles. The van der Waals surface area contributed by atoms with E-state index >= 15 is 0 Å². The molecule has 1 unspecified atom stereocenters. The summed E-state index contributed by atoms with van der Waals surface area (Å²) in [5, 5.41) is 0. The van der Waals surface area contributed by atoms with E-state index in [0.717, 1.165) is 5.70 Å². The van der Waals surface area contributed by atoms with E-state index in [2.05, 4.69) is 16.0 Å². The Morgan fingerprint density at radius 1 is 1.58 bits per heavy atom. The fraction of sp³-hybridized carbons (Fsp3) is 0.167. The SMILES string of the molecule is C1=CN2C(=NC=C3NONC32)O1. The highest BCUT2D eigenvalue weighted by Gasteiger charge is 2.34. The molecule has 0 bridgehead atoms. The summed E-state index contributed by atoms with van der Waals surface area (Å²) in [6.07, 6.45) is 5.00. The van der Waals surface area contributed by atoms with Gasteiger partial charge in [-0.15, -0.1) is 5.48 Å². The van der Waals surface area contributed by atoms with Crippen molar-refractivity contribution in [3.05, 3.63) is 24.4 Å². The van der Waals surface area contributed by atoms with Crippen LogP contribution in [0.15, 0.2) is 29.4 Å². The van der Waals surface area contributed by atoms with Crippen LogP contribution in [0.5, 0.6) is 0 Å². The second-order valence-corrected chi connectivity index (χ2v) is 2.53. The van der Waals surface area contributed by atoms with E-state index in [0.29, 0.717) is 6.02 Å². The topological polar surface area (TPSA) is 58.1 Å². The van der Waals surface area contributed by atoms with Crippen molar-refractivity contribution < 1.29 is 9.68 Å². The van der Waals surface area contributed by atoms with Crippen molar-refractivity contribution in [1.29, 1.82) is 0 Å². The van der Waals surface area contributed by atoms with Crippen LogP contribution in [-0.2, 0) is 9.68 Å². The van der Waals surface area contributed by atoms with Gasteiger partial charge in [0, 0.05) is 6.20 Å². The Kier molecular flexibility index (Phi) is 1.00. The van der Waals surface area contributed by atoms with Crippen LogP contribution in [0.2, 0.25) is 0 Å². The number of hydrogen-bond donors (Lipinski definition) is 2. The maximum absolute atomic E-state index is 5.09. The second-order valence-electron chi connectivity index (χ2n) is 2.53. The molecule has 3 heterocycles. The molecule has 1 fully saturated rings. The Morgan fingerprint density at radius 2 is 2.58 bits per heavy atom. The van der Waals surface area contributed by atoms with Gasteiger partial charge in [-0.2, -0.15) is 4.94 Å². The molecule has 0 radical (unpaired) electrons. The van der Waals surface area contributed by atoms with Crippen molar-refractivity contribution in [2.45, 2.75) is 6.17 Å². The van der Waals surface area contributed by atoms with E-state index in [4.69, 9.17) is 9.68 Å². The summed E-state index contributed by atoms with van der Waals surface area (Å²) in [6, 6.07) is 0.559. The summed E-state index contributed by atoms with van der Waals surface area (Å²) >= 11 is 0. The summed E-state index contributed by atoms with van der Waals surface area (Å²) < 4.78 is 5.09. The number of amidine groups is 1. The van der Waals surface area contributed by atoms with Crippen LogP contribution in [0.1, 0.15) is 0 Å². The third-order valence-corrected chi connectivity index (χ3v) is 1.84. The number of nitrogens with zero attached hydrogens (tertiary/aromatic N) is 2. The molecule has 6 nitrogen and oxygen atoms in total. The first-order chi connectivity index (χ1) is 5.95. The fourth-order valence-electron chi connectivity index (χ4n) is 1.27. The van der Waals surface area contributed by atoms with Crippen molar-refractivity contribution in [1.82, 2.24) is 15.9 Å². The Labute approximate surface area is 68.1 Å². The first kappa shape index (κ1) is 6.04. The maximum Gasteiger partial charge on any atom is 0.303 e. The normalized spacial score (nSPS) is 30.0. The highest BCUT2D eigenvalue weighted by atomic mass is 16.8. The van der Waals surface area contributed by atoms with Gasteiger partial charge in [0.15, 0.2) is 6.17 Å². The first-order valence-corrected chi connectivity index (χ1v) is 3.52. The molecule has 3 rings (SSSR count). The van der Waals surface area contributed by atoms with Gasteiger partial charge in [0.25, 0.3) is 0 Å². The lowest BCUT2D eigenvalue weighted by Crippen LogP contribution is -2.42. The van der Waals surface area contributed by atoms with Gasteiger partial charge in [0.1, 0.15) is 6.26 Å². The lowest BCUT2D eigenvalue weighted by Gasteiger charge is -2.23. The number of aliphatic imine (C=N–C) groups is 1. The zero-order valence-electron chi connectivity index (χ0n) is 6.02. The van der Waals surface area contributed by atoms with Gasteiger partial charge in [0.05, 0.1) is 11.9 Å². The maximum atomic E-state index is 5.09. The quantitative estimate of drug-likeness (QED) is 0.501. The summed E-state index contributed by atoms with van der Waals surface area (Å²) in [4.78, 5) is 10.7. The van der Waals surface area contributed by atoms with Crippen LogP contribution in [0, 0.1) is 0 Å². The van der Waals surface area contributed by atoms with Gasteiger partial charge in [-0.25, -0.2) is 10.5 Å². The van der Waals surface area contributed by atoms with E-state index in [1.54, 1.807) is 18.7 Å². The molecule has 0 aromatic heterocycles. The molecule has 12 heavy (non-hydrogen) atoms. The van der Waals surface area contributed by atoms with Crippen molar-refractivity contribution in [3.63, 3.8) is 0 Å². The molecule has 0 amide bonds. The molecule has 0 aliphatic carbocycles. The number of rotatable bonds is 0. The molecular weight excluding hydrogens is 160 g/mol. The van der Waals surface area contributed by atoms with Crippen LogP contribution in [-0.4, -0.2) is 17.1 Å². The first-order valence-electron chi connectivity index (χ1n) is 3.52. The standard InChI is InChI=1S/C6H6N4O2/c1-2-11-6-7-3-4-5(10(1)6)9-12-8-4/h1-3,5,8-9H. The van der Waals surface area contributed by atoms with Gasteiger partial charge in [-0.05, 0) is 0 Å². The van der Waals surface area contributed by atoms with Crippen LogP contribution in [0.3, 0.4) is 0 Å². The van der Waals surface area contributed by atoms with Gasteiger partial charge >= 0.3 is 6.02 Å². The lowest BCUT2D eigenvalue weighted by atomic mass is 10.3. The summed E-state index contributed by atoms with van der Waals surface area (Å²) in [5.41, 5.74) is 6.32. The van der Waals surface area contributed by atoms with Crippen LogP contribution < -0.4 is 11.0 Å². The van der Waals surface area contributed by atoms with E-state index < -0.39 is 0 Å². The Hall–Kier alpha value is -1.53. The van der Waals surface area contributed by atoms with Crippen LogP contribution in [0.4, 0.5) is 0 Å². The Bertz CT molecular complexity index is 309. The summed E-state index contributed by atoms with van der Waals surface area (Å²) in [6.45, 7) is 0. The zero-order chi connectivity index (χ0) is 7.97. The Balaban J connectivity index is 2.02. The fourth-order valence-corrected chi connectivity index (χ4v) is 1.27. The largest absolute Gasteiger partial charge is 0.432 e. The summed E-state index contributed by atoms with van der Waals surface area (Å²) in [7, 11) is 0. The van der Waals surface area contributed by atoms with Gasteiger partial charge in [0.2, 0.25) is 0 Å². The van der Waals surface area contributed by atoms with E-state index in [-0.39, 0.29) is 6.17 Å². The number of hydroxylamine groups is 2. The lowest BCUT2D eigenvalue weighted by molar-refractivity contribution is 0.00829. The highest BCUT2D eigenvalue weighted by molar-refractivity contribution is 5.79. The number of fused-ring (bicyclic) bond motifs is 3. The molecular formula is C6H6N4O2. The zero-order valence-corrected chi connectivity index (χ0v) is 6.02. The van der Waals surface area contributed by atoms with E-state index in [9.17, 15) is 0 Å². The smallest absolute Gasteiger partial charge is 0.303 e. The molecule has 0 aromatic carbocycles. The molecule has 2 N–H and O–H groups in total. The third kappa shape index (κ3) is 0.626. The van der Waals surface area contributed by atoms with Crippen LogP contribution in [0.25, 0.3) is 0 Å². The monoisotopic (exact) mass is 166 g/mol. The molecule has 6 heteroatoms. The van der Waals surface area contributed by atoms with Crippen molar-refractivity contribution >= 4 is 6.02 Å². The molecule has 1 atom stereocenters. The molecule has 3 aliphatic heterocycles.